The highest BCUT2D eigenvalue weighted by atomic mass is 35.5. The summed E-state index contributed by atoms with van der Waals surface area (Å²) < 4.78 is 0. The average Bonchev–Trinajstić information content (AvgIpc) is 1.87. The normalized spacial score (nSPS) is 38.4. The maximum absolute atomic E-state index is 8.53. The Morgan fingerprint density at radius 2 is 2.30 bits per heavy atom. The second kappa shape index (κ2) is 2.79. The first-order valence-electron chi connectivity index (χ1n) is 3.57. The van der Waals surface area contributed by atoms with Gasteiger partial charge in [-0.15, -0.1) is 11.6 Å². The lowest BCUT2D eigenvalue weighted by Gasteiger charge is -2.27. The fourth-order valence-corrected chi connectivity index (χ4v) is 1.57. The van der Waals surface area contributed by atoms with Crippen molar-refractivity contribution in [2.45, 2.75) is 37.5 Å². The van der Waals surface area contributed by atoms with Crippen molar-refractivity contribution in [3.05, 3.63) is 0 Å². The molecule has 1 saturated carbocycles. The molecule has 1 atom stereocenters. The Kier molecular flexibility index (Phi) is 2.19. The largest absolute Gasteiger partial charge is 0.411 e. The summed E-state index contributed by atoms with van der Waals surface area (Å²) in [4.78, 5) is -0.382. The molecule has 1 aliphatic carbocycles. The van der Waals surface area contributed by atoms with Gasteiger partial charge in [-0.1, -0.05) is 11.6 Å². The Morgan fingerprint density at radius 1 is 1.60 bits per heavy atom. The number of hydrogen-bond donors (Lipinski definition) is 1. The van der Waals surface area contributed by atoms with Crippen molar-refractivity contribution in [3.8, 4) is 0 Å². The predicted molar refractivity (Wildman–Crippen MR) is 41.9 cm³/mol. The van der Waals surface area contributed by atoms with Crippen molar-refractivity contribution in [1.29, 1.82) is 0 Å². The summed E-state index contributed by atoms with van der Waals surface area (Å²) in [5, 5.41) is 11.7. The molecule has 0 radical (unpaired) electrons. The topological polar surface area (TPSA) is 32.6 Å². The Hall–Kier alpha value is -0.240. The van der Waals surface area contributed by atoms with Crippen LogP contribution < -0.4 is 0 Å². The molecule has 0 saturated heterocycles. The van der Waals surface area contributed by atoms with E-state index in [1.165, 1.54) is 0 Å². The van der Waals surface area contributed by atoms with Crippen molar-refractivity contribution < 1.29 is 5.21 Å². The summed E-state index contributed by atoms with van der Waals surface area (Å²) >= 11 is 6.05. The van der Waals surface area contributed by atoms with E-state index in [9.17, 15) is 0 Å². The van der Waals surface area contributed by atoms with Crippen LogP contribution in [0.5, 0.6) is 0 Å². The molecule has 0 bridgehead atoms. The molecule has 0 aromatic heterocycles. The lowest BCUT2D eigenvalue weighted by Crippen LogP contribution is -2.32. The fourth-order valence-electron chi connectivity index (χ4n) is 1.31. The van der Waals surface area contributed by atoms with Gasteiger partial charge in [0.25, 0.3) is 0 Å². The molecule has 0 spiro atoms. The molecule has 0 aliphatic heterocycles. The van der Waals surface area contributed by atoms with E-state index in [2.05, 4.69) is 5.16 Å². The van der Waals surface area contributed by atoms with Gasteiger partial charge in [0.05, 0.1) is 10.6 Å². The third-order valence-corrected chi connectivity index (χ3v) is 2.44. The van der Waals surface area contributed by atoms with Gasteiger partial charge in [-0.3, -0.25) is 0 Å². The summed E-state index contributed by atoms with van der Waals surface area (Å²) in [6, 6.07) is 0. The Bertz CT molecular complexity index is 154. The first kappa shape index (κ1) is 7.86. The van der Waals surface area contributed by atoms with Gasteiger partial charge < -0.3 is 5.21 Å². The van der Waals surface area contributed by atoms with Crippen molar-refractivity contribution in [3.63, 3.8) is 0 Å². The van der Waals surface area contributed by atoms with Crippen LogP contribution in [0.3, 0.4) is 0 Å². The van der Waals surface area contributed by atoms with Gasteiger partial charge in [0.1, 0.15) is 0 Å². The summed E-state index contributed by atoms with van der Waals surface area (Å²) in [6.45, 7) is 1.91. The molecule has 1 fully saturated rings. The first-order valence-corrected chi connectivity index (χ1v) is 3.95. The molecule has 3 heteroatoms. The number of hydrogen-bond acceptors (Lipinski definition) is 2. The van der Waals surface area contributed by atoms with Gasteiger partial charge in [-0.05, 0) is 26.2 Å². The highest BCUT2D eigenvalue weighted by Gasteiger charge is 2.30. The van der Waals surface area contributed by atoms with Crippen molar-refractivity contribution in [2.75, 3.05) is 0 Å². The smallest absolute Gasteiger partial charge is 0.0831 e. The first-order chi connectivity index (χ1) is 4.67. The zero-order valence-electron chi connectivity index (χ0n) is 6.10. The fraction of sp³-hybridized carbons (Fsp3) is 0.857. The zero-order chi connectivity index (χ0) is 7.61. The minimum absolute atomic E-state index is 0.382. The third-order valence-electron chi connectivity index (χ3n) is 2.03. The molecule has 1 rings (SSSR count). The minimum Gasteiger partial charge on any atom is -0.411 e. The van der Waals surface area contributed by atoms with Crippen molar-refractivity contribution >= 4 is 17.3 Å². The molecule has 0 aromatic carbocycles. The summed E-state index contributed by atoms with van der Waals surface area (Å²) in [6.07, 6.45) is 4.01. The monoisotopic (exact) mass is 161 g/mol. The lowest BCUT2D eigenvalue weighted by molar-refractivity contribution is 0.311. The van der Waals surface area contributed by atoms with Gasteiger partial charge in [0.2, 0.25) is 0 Å². The standard InChI is InChI=1S/C7H12ClNO/c1-7(8)5-3-2-4-6(7)9-10/h10H,2-5H2,1H3. The molecule has 10 heavy (non-hydrogen) atoms. The number of rotatable bonds is 0. The summed E-state index contributed by atoms with van der Waals surface area (Å²) in [5.74, 6) is 0. The number of alkyl halides is 1. The maximum Gasteiger partial charge on any atom is 0.0831 e. The molecule has 1 aliphatic rings. The van der Waals surface area contributed by atoms with E-state index in [0.717, 1.165) is 31.4 Å². The van der Waals surface area contributed by atoms with Crippen LogP contribution in [-0.4, -0.2) is 15.8 Å². The summed E-state index contributed by atoms with van der Waals surface area (Å²) in [7, 11) is 0. The van der Waals surface area contributed by atoms with E-state index in [1.807, 2.05) is 6.92 Å². The molecular weight excluding hydrogens is 150 g/mol. The maximum atomic E-state index is 8.53. The van der Waals surface area contributed by atoms with Crippen LogP contribution in [0.15, 0.2) is 5.16 Å². The van der Waals surface area contributed by atoms with Crippen molar-refractivity contribution in [2.24, 2.45) is 5.16 Å². The number of nitrogens with zero attached hydrogens (tertiary/aromatic N) is 1. The molecule has 1 unspecified atom stereocenters. The second-order valence-corrected chi connectivity index (χ2v) is 3.79. The molecule has 58 valence electrons. The number of halogens is 1. The van der Waals surface area contributed by atoms with E-state index in [1.54, 1.807) is 0 Å². The zero-order valence-corrected chi connectivity index (χ0v) is 6.86. The van der Waals surface area contributed by atoms with E-state index >= 15 is 0 Å². The molecule has 1 N–H and O–H groups in total. The molecule has 0 heterocycles. The van der Waals surface area contributed by atoms with Crippen LogP contribution in [0.2, 0.25) is 0 Å². The average molecular weight is 162 g/mol. The Labute approximate surface area is 65.9 Å². The minimum atomic E-state index is -0.382. The second-order valence-electron chi connectivity index (χ2n) is 2.95. The van der Waals surface area contributed by atoms with E-state index < -0.39 is 0 Å². The van der Waals surface area contributed by atoms with E-state index in [-0.39, 0.29) is 4.87 Å². The molecule has 0 aromatic rings. The van der Waals surface area contributed by atoms with Gasteiger partial charge in [-0.25, -0.2) is 0 Å². The van der Waals surface area contributed by atoms with E-state index in [0.29, 0.717) is 0 Å². The van der Waals surface area contributed by atoms with Crippen LogP contribution in [0.25, 0.3) is 0 Å². The Balaban J connectivity index is 2.70. The van der Waals surface area contributed by atoms with Crippen LogP contribution in [0, 0.1) is 0 Å². The third kappa shape index (κ3) is 1.43. The van der Waals surface area contributed by atoms with E-state index in [4.69, 9.17) is 16.8 Å². The van der Waals surface area contributed by atoms with Crippen LogP contribution in [0.1, 0.15) is 32.6 Å². The predicted octanol–water partition coefficient (Wildman–Crippen LogP) is 2.39. The molecule has 0 amide bonds. The quantitative estimate of drug-likeness (QED) is 0.330. The summed E-state index contributed by atoms with van der Waals surface area (Å²) in [5.41, 5.74) is 0.736. The SMILES string of the molecule is CC1(Cl)CCCCC1=NO. The van der Waals surface area contributed by atoms with Crippen molar-refractivity contribution in [1.82, 2.24) is 0 Å². The van der Waals surface area contributed by atoms with Crippen LogP contribution >= 0.6 is 11.6 Å². The highest BCUT2D eigenvalue weighted by Crippen LogP contribution is 2.31. The van der Waals surface area contributed by atoms with Gasteiger partial charge >= 0.3 is 0 Å². The number of oxime groups is 1. The highest BCUT2D eigenvalue weighted by molar-refractivity contribution is 6.36. The molecular formula is C7H12ClNO. The lowest BCUT2D eigenvalue weighted by atomic mass is 9.88. The van der Waals surface area contributed by atoms with Gasteiger partial charge in [-0.2, -0.15) is 0 Å². The van der Waals surface area contributed by atoms with Crippen LogP contribution in [0.4, 0.5) is 0 Å². The molecule has 2 nitrogen and oxygen atoms in total. The van der Waals surface area contributed by atoms with Crippen LogP contribution in [-0.2, 0) is 0 Å². The van der Waals surface area contributed by atoms with Gasteiger partial charge in [0.15, 0.2) is 0 Å². The Morgan fingerprint density at radius 3 is 2.70 bits per heavy atom. The van der Waals surface area contributed by atoms with Gasteiger partial charge in [0, 0.05) is 0 Å².